The highest BCUT2D eigenvalue weighted by Gasteiger charge is 2.36. The number of rotatable bonds is 4. The van der Waals surface area contributed by atoms with Gasteiger partial charge in [-0.1, -0.05) is 19.8 Å². The lowest BCUT2D eigenvalue weighted by molar-refractivity contribution is 0.397. The van der Waals surface area contributed by atoms with Gasteiger partial charge in [0.1, 0.15) is 11.6 Å². The Morgan fingerprint density at radius 2 is 2.11 bits per heavy atom. The van der Waals surface area contributed by atoms with Gasteiger partial charge in [0.15, 0.2) is 0 Å². The standard InChI is InChI=1S/C15H18FNO2/c1-3-12-13(16)8-11(9-14(12)19-2)15(17-10-18)6-4-5-7-15/h8-9H,3-7H2,1-2H3. The summed E-state index contributed by atoms with van der Waals surface area (Å²) >= 11 is 0. The van der Waals surface area contributed by atoms with Crippen LogP contribution in [0.25, 0.3) is 0 Å². The van der Waals surface area contributed by atoms with Crippen LogP contribution in [-0.4, -0.2) is 13.2 Å². The third-order valence-electron chi connectivity index (χ3n) is 3.96. The third kappa shape index (κ3) is 2.41. The Morgan fingerprint density at radius 1 is 1.42 bits per heavy atom. The molecule has 1 aromatic rings. The number of methoxy groups -OCH3 is 1. The summed E-state index contributed by atoms with van der Waals surface area (Å²) in [5, 5.41) is 0. The van der Waals surface area contributed by atoms with Gasteiger partial charge in [0.05, 0.1) is 12.6 Å². The summed E-state index contributed by atoms with van der Waals surface area (Å²) in [6, 6.07) is 3.31. The molecule has 1 aromatic carbocycles. The second-order valence-corrected chi connectivity index (χ2v) is 4.93. The molecular weight excluding hydrogens is 245 g/mol. The minimum atomic E-state index is -0.609. The molecule has 0 spiro atoms. The first-order valence-electron chi connectivity index (χ1n) is 6.63. The summed E-state index contributed by atoms with van der Waals surface area (Å²) in [6.45, 7) is 1.88. The Bertz CT molecular complexity index is 515. The first kappa shape index (κ1) is 13.8. The normalized spacial score (nSPS) is 17.0. The van der Waals surface area contributed by atoms with E-state index in [0.29, 0.717) is 17.7 Å². The summed E-state index contributed by atoms with van der Waals surface area (Å²) in [6.07, 6.45) is 5.72. The molecule has 0 heterocycles. The van der Waals surface area contributed by atoms with Gasteiger partial charge in [0.2, 0.25) is 6.08 Å². The Hall–Kier alpha value is -1.67. The lowest BCUT2D eigenvalue weighted by Gasteiger charge is -2.24. The van der Waals surface area contributed by atoms with Gasteiger partial charge >= 0.3 is 0 Å². The fourth-order valence-electron chi connectivity index (χ4n) is 2.92. The Labute approximate surface area is 112 Å². The minimum absolute atomic E-state index is 0.288. The summed E-state index contributed by atoms with van der Waals surface area (Å²) in [5.74, 6) is 0.245. The molecule has 0 amide bonds. The van der Waals surface area contributed by atoms with Crippen LogP contribution in [0.2, 0.25) is 0 Å². The molecule has 2 rings (SSSR count). The van der Waals surface area contributed by atoms with Crippen LogP contribution in [0.3, 0.4) is 0 Å². The van der Waals surface area contributed by atoms with Crippen molar-refractivity contribution in [1.82, 2.24) is 0 Å². The first-order chi connectivity index (χ1) is 9.16. The van der Waals surface area contributed by atoms with Crippen molar-refractivity contribution in [2.75, 3.05) is 7.11 Å². The van der Waals surface area contributed by atoms with Crippen LogP contribution < -0.4 is 4.74 Å². The molecule has 4 heteroatoms. The van der Waals surface area contributed by atoms with Crippen molar-refractivity contribution < 1.29 is 13.9 Å². The number of halogens is 1. The summed E-state index contributed by atoms with van der Waals surface area (Å²) in [7, 11) is 1.53. The van der Waals surface area contributed by atoms with Crippen LogP contribution in [0, 0.1) is 5.82 Å². The maximum absolute atomic E-state index is 14.1. The largest absolute Gasteiger partial charge is 0.496 e. The molecule has 0 radical (unpaired) electrons. The van der Waals surface area contributed by atoms with E-state index in [0.717, 1.165) is 31.2 Å². The molecule has 0 bridgehead atoms. The summed E-state index contributed by atoms with van der Waals surface area (Å²) in [5.41, 5.74) is 0.677. The van der Waals surface area contributed by atoms with E-state index in [1.165, 1.54) is 13.2 Å². The molecule has 0 N–H and O–H groups in total. The van der Waals surface area contributed by atoms with Crippen LogP contribution in [0.1, 0.15) is 43.7 Å². The highest BCUT2D eigenvalue weighted by molar-refractivity contribution is 5.44. The van der Waals surface area contributed by atoms with Crippen LogP contribution >= 0.6 is 0 Å². The van der Waals surface area contributed by atoms with E-state index < -0.39 is 5.54 Å². The number of carbonyl (C=O) groups excluding carboxylic acids is 1. The number of ether oxygens (including phenoxy) is 1. The fraction of sp³-hybridized carbons (Fsp3) is 0.533. The SMILES string of the molecule is CCc1c(F)cc(C2(N=C=O)CCCC2)cc1OC. The van der Waals surface area contributed by atoms with Gasteiger partial charge in [-0.2, -0.15) is 4.99 Å². The Morgan fingerprint density at radius 3 is 2.63 bits per heavy atom. The maximum Gasteiger partial charge on any atom is 0.235 e. The minimum Gasteiger partial charge on any atom is -0.496 e. The summed E-state index contributed by atoms with van der Waals surface area (Å²) in [4.78, 5) is 14.7. The van der Waals surface area contributed by atoms with E-state index in [4.69, 9.17) is 4.74 Å². The predicted octanol–water partition coefficient (Wildman–Crippen LogP) is 3.50. The maximum atomic E-state index is 14.1. The predicted molar refractivity (Wildman–Crippen MR) is 70.6 cm³/mol. The number of aliphatic imine (C=N–C) groups is 1. The van der Waals surface area contributed by atoms with E-state index in [1.54, 1.807) is 6.08 Å². The van der Waals surface area contributed by atoms with E-state index in [2.05, 4.69) is 4.99 Å². The number of hydrogen-bond acceptors (Lipinski definition) is 3. The molecule has 0 atom stereocenters. The quantitative estimate of drug-likeness (QED) is 0.616. The van der Waals surface area contributed by atoms with Crippen molar-refractivity contribution in [3.05, 3.63) is 29.1 Å². The second-order valence-electron chi connectivity index (χ2n) is 4.93. The molecule has 19 heavy (non-hydrogen) atoms. The molecule has 1 aliphatic carbocycles. The van der Waals surface area contributed by atoms with Crippen molar-refractivity contribution in [2.45, 2.75) is 44.6 Å². The molecule has 0 aliphatic heterocycles. The average Bonchev–Trinajstić information content (AvgIpc) is 2.88. The molecule has 102 valence electrons. The number of benzene rings is 1. The van der Waals surface area contributed by atoms with Crippen molar-refractivity contribution in [3.8, 4) is 5.75 Å². The molecule has 0 aromatic heterocycles. The molecule has 1 aliphatic rings. The average molecular weight is 263 g/mol. The molecular formula is C15H18FNO2. The smallest absolute Gasteiger partial charge is 0.235 e. The van der Waals surface area contributed by atoms with Crippen LogP contribution in [0.4, 0.5) is 4.39 Å². The van der Waals surface area contributed by atoms with Crippen molar-refractivity contribution >= 4 is 6.08 Å². The van der Waals surface area contributed by atoms with Gasteiger partial charge in [-0.05, 0) is 37.0 Å². The number of isocyanates is 1. The zero-order chi connectivity index (χ0) is 13.9. The lowest BCUT2D eigenvalue weighted by atomic mass is 9.87. The van der Waals surface area contributed by atoms with E-state index in [9.17, 15) is 9.18 Å². The highest BCUT2D eigenvalue weighted by atomic mass is 19.1. The van der Waals surface area contributed by atoms with E-state index in [1.807, 2.05) is 13.0 Å². The number of hydrogen-bond donors (Lipinski definition) is 0. The zero-order valence-electron chi connectivity index (χ0n) is 11.3. The van der Waals surface area contributed by atoms with Crippen molar-refractivity contribution in [1.29, 1.82) is 0 Å². The fourth-order valence-corrected chi connectivity index (χ4v) is 2.92. The van der Waals surface area contributed by atoms with Crippen molar-refractivity contribution in [3.63, 3.8) is 0 Å². The first-order valence-corrected chi connectivity index (χ1v) is 6.63. The van der Waals surface area contributed by atoms with Gasteiger partial charge in [0.25, 0.3) is 0 Å². The Kier molecular flexibility index (Phi) is 4.01. The van der Waals surface area contributed by atoms with Crippen molar-refractivity contribution in [2.24, 2.45) is 4.99 Å². The van der Waals surface area contributed by atoms with Crippen LogP contribution in [-0.2, 0) is 16.8 Å². The summed E-state index contributed by atoms with van der Waals surface area (Å²) < 4.78 is 19.4. The molecule has 1 saturated carbocycles. The van der Waals surface area contributed by atoms with Gasteiger partial charge in [-0.3, -0.25) is 0 Å². The van der Waals surface area contributed by atoms with Gasteiger partial charge in [0, 0.05) is 5.56 Å². The topological polar surface area (TPSA) is 38.7 Å². The highest BCUT2D eigenvalue weighted by Crippen LogP contribution is 2.44. The lowest BCUT2D eigenvalue weighted by Crippen LogP contribution is -2.19. The van der Waals surface area contributed by atoms with Gasteiger partial charge in [-0.15, -0.1) is 0 Å². The van der Waals surface area contributed by atoms with Gasteiger partial charge in [-0.25, -0.2) is 9.18 Å². The monoisotopic (exact) mass is 263 g/mol. The van der Waals surface area contributed by atoms with E-state index in [-0.39, 0.29) is 5.82 Å². The molecule has 3 nitrogen and oxygen atoms in total. The van der Waals surface area contributed by atoms with Gasteiger partial charge < -0.3 is 4.74 Å². The zero-order valence-corrected chi connectivity index (χ0v) is 11.3. The van der Waals surface area contributed by atoms with Crippen LogP contribution in [0.15, 0.2) is 17.1 Å². The second kappa shape index (κ2) is 5.54. The van der Waals surface area contributed by atoms with E-state index >= 15 is 0 Å². The molecule has 0 unspecified atom stereocenters. The van der Waals surface area contributed by atoms with Crippen LogP contribution in [0.5, 0.6) is 5.75 Å². The third-order valence-corrected chi connectivity index (χ3v) is 3.96. The number of nitrogens with zero attached hydrogens (tertiary/aromatic N) is 1. The molecule has 1 fully saturated rings. The Balaban J connectivity index is 2.55. The molecule has 0 saturated heterocycles.